The Kier molecular flexibility index (Phi) is 4.04. The van der Waals surface area contributed by atoms with Gasteiger partial charge in [-0.2, -0.15) is 0 Å². The summed E-state index contributed by atoms with van der Waals surface area (Å²) in [6, 6.07) is 6.33. The smallest absolute Gasteiger partial charge is 0.188 e. The van der Waals surface area contributed by atoms with Gasteiger partial charge in [0.1, 0.15) is 5.75 Å². The van der Waals surface area contributed by atoms with Crippen LogP contribution in [0, 0.1) is 0 Å². The highest BCUT2D eigenvalue weighted by atomic mass is 35.5. The molecule has 0 unspecified atom stereocenters. The van der Waals surface area contributed by atoms with Crippen molar-refractivity contribution >= 4 is 11.6 Å². The van der Waals surface area contributed by atoms with Crippen LogP contribution < -0.4 is 10.1 Å². The van der Waals surface area contributed by atoms with Crippen LogP contribution in [-0.4, -0.2) is 19.9 Å². The molecule has 0 spiro atoms. The Bertz CT molecular complexity index is 353. The first kappa shape index (κ1) is 11.7. The van der Waals surface area contributed by atoms with Crippen LogP contribution in [0.25, 0.3) is 0 Å². The van der Waals surface area contributed by atoms with Crippen molar-refractivity contribution in [3.8, 4) is 5.75 Å². The van der Waals surface area contributed by atoms with Gasteiger partial charge in [0.05, 0.1) is 0 Å². The highest BCUT2D eigenvalue weighted by molar-refractivity contribution is 6.31. The van der Waals surface area contributed by atoms with Crippen LogP contribution in [0.2, 0.25) is 5.02 Å². The van der Waals surface area contributed by atoms with Gasteiger partial charge in [-0.1, -0.05) is 17.7 Å². The van der Waals surface area contributed by atoms with Gasteiger partial charge in [0.2, 0.25) is 0 Å². The number of methoxy groups -OCH3 is 1. The van der Waals surface area contributed by atoms with Gasteiger partial charge in [-0.25, -0.2) is 0 Å². The number of nitrogens with one attached hydrogen (secondary N) is 1. The molecule has 0 radical (unpaired) electrons. The standard InChI is InChI=1S/C12H16ClNO2/c1-15-8-16-12-4-2-3-11(13)10(12)7-14-9-5-6-9/h2-4,9,14H,5-8H2,1H3. The van der Waals surface area contributed by atoms with E-state index in [1.165, 1.54) is 12.8 Å². The second kappa shape index (κ2) is 5.53. The number of hydrogen-bond acceptors (Lipinski definition) is 3. The summed E-state index contributed by atoms with van der Waals surface area (Å²) in [5, 5.41) is 4.16. The third-order valence-corrected chi connectivity index (χ3v) is 2.91. The molecule has 0 saturated heterocycles. The number of hydrogen-bond donors (Lipinski definition) is 1. The molecule has 1 aromatic rings. The summed E-state index contributed by atoms with van der Waals surface area (Å²) in [5.41, 5.74) is 1.01. The molecule has 1 aliphatic rings. The van der Waals surface area contributed by atoms with Crippen molar-refractivity contribution in [2.45, 2.75) is 25.4 Å². The van der Waals surface area contributed by atoms with E-state index in [2.05, 4.69) is 5.32 Å². The minimum Gasteiger partial charge on any atom is -0.467 e. The fourth-order valence-electron chi connectivity index (χ4n) is 1.50. The van der Waals surface area contributed by atoms with Crippen molar-refractivity contribution in [3.63, 3.8) is 0 Å². The van der Waals surface area contributed by atoms with Gasteiger partial charge in [0.25, 0.3) is 0 Å². The molecule has 1 N–H and O–H groups in total. The lowest BCUT2D eigenvalue weighted by atomic mass is 10.2. The molecular formula is C12H16ClNO2. The molecule has 1 saturated carbocycles. The molecule has 0 atom stereocenters. The third kappa shape index (κ3) is 3.11. The Hall–Kier alpha value is -0.770. The van der Waals surface area contributed by atoms with E-state index in [1.54, 1.807) is 7.11 Å². The SMILES string of the molecule is COCOc1cccc(Cl)c1CNC1CC1. The Morgan fingerprint density at radius 1 is 1.44 bits per heavy atom. The van der Waals surface area contributed by atoms with Gasteiger partial charge in [-0.15, -0.1) is 0 Å². The van der Waals surface area contributed by atoms with Gasteiger partial charge >= 0.3 is 0 Å². The quantitative estimate of drug-likeness (QED) is 0.777. The zero-order valence-electron chi connectivity index (χ0n) is 9.33. The summed E-state index contributed by atoms with van der Waals surface area (Å²) in [6.07, 6.45) is 2.53. The van der Waals surface area contributed by atoms with Crippen LogP contribution in [0.1, 0.15) is 18.4 Å². The van der Waals surface area contributed by atoms with Crippen molar-refractivity contribution < 1.29 is 9.47 Å². The van der Waals surface area contributed by atoms with Crippen molar-refractivity contribution in [1.82, 2.24) is 5.32 Å². The van der Waals surface area contributed by atoms with E-state index in [0.717, 1.165) is 22.9 Å². The van der Waals surface area contributed by atoms with Gasteiger partial charge in [-0.3, -0.25) is 0 Å². The topological polar surface area (TPSA) is 30.5 Å². The number of ether oxygens (including phenoxy) is 2. The highest BCUT2D eigenvalue weighted by Crippen LogP contribution is 2.28. The number of halogens is 1. The predicted molar refractivity (Wildman–Crippen MR) is 63.8 cm³/mol. The maximum atomic E-state index is 6.15. The second-order valence-corrected chi connectivity index (χ2v) is 4.33. The maximum Gasteiger partial charge on any atom is 0.188 e. The minimum atomic E-state index is 0.247. The molecule has 1 fully saturated rings. The first-order valence-corrected chi connectivity index (χ1v) is 5.81. The van der Waals surface area contributed by atoms with Crippen molar-refractivity contribution in [1.29, 1.82) is 0 Å². The van der Waals surface area contributed by atoms with E-state index in [1.807, 2.05) is 18.2 Å². The summed E-state index contributed by atoms with van der Waals surface area (Å²) in [7, 11) is 1.60. The molecule has 1 aliphatic carbocycles. The molecule has 88 valence electrons. The van der Waals surface area contributed by atoms with Crippen molar-refractivity contribution in [2.24, 2.45) is 0 Å². The Labute approximate surface area is 101 Å². The Balaban J connectivity index is 2.04. The van der Waals surface area contributed by atoms with Crippen LogP contribution in [-0.2, 0) is 11.3 Å². The van der Waals surface area contributed by atoms with E-state index in [-0.39, 0.29) is 6.79 Å². The van der Waals surface area contributed by atoms with Gasteiger partial charge in [0.15, 0.2) is 6.79 Å². The van der Waals surface area contributed by atoms with E-state index >= 15 is 0 Å². The van der Waals surface area contributed by atoms with Crippen LogP contribution in [0.15, 0.2) is 18.2 Å². The molecule has 3 nitrogen and oxygen atoms in total. The maximum absolute atomic E-state index is 6.15. The van der Waals surface area contributed by atoms with Crippen LogP contribution in [0.4, 0.5) is 0 Å². The highest BCUT2D eigenvalue weighted by Gasteiger charge is 2.21. The first-order chi connectivity index (χ1) is 7.81. The molecule has 0 amide bonds. The van der Waals surface area contributed by atoms with E-state index in [0.29, 0.717) is 6.04 Å². The van der Waals surface area contributed by atoms with E-state index in [4.69, 9.17) is 21.1 Å². The molecular weight excluding hydrogens is 226 g/mol. The van der Waals surface area contributed by atoms with E-state index in [9.17, 15) is 0 Å². The zero-order valence-corrected chi connectivity index (χ0v) is 10.1. The predicted octanol–water partition coefficient (Wildman–Crippen LogP) is 2.57. The van der Waals surface area contributed by atoms with E-state index < -0.39 is 0 Å². The Morgan fingerprint density at radius 2 is 2.25 bits per heavy atom. The lowest BCUT2D eigenvalue weighted by Crippen LogP contribution is -2.16. The average molecular weight is 242 g/mol. The zero-order chi connectivity index (χ0) is 11.4. The lowest BCUT2D eigenvalue weighted by Gasteiger charge is -2.12. The number of rotatable bonds is 6. The molecule has 0 aromatic heterocycles. The molecule has 16 heavy (non-hydrogen) atoms. The first-order valence-electron chi connectivity index (χ1n) is 5.44. The molecule has 0 bridgehead atoms. The lowest BCUT2D eigenvalue weighted by molar-refractivity contribution is 0.0503. The summed E-state index contributed by atoms with van der Waals surface area (Å²) >= 11 is 6.15. The van der Waals surface area contributed by atoms with Crippen LogP contribution in [0.5, 0.6) is 5.75 Å². The minimum absolute atomic E-state index is 0.247. The summed E-state index contributed by atoms with van der Waals surface area (Å²) < 4.78 is 10.4. The van der Waals surface area contributed by atoms with Gasteiger partial charge < -0.3 is 14.8 Å². The molecule has 2 rings (SSSR count). The third-order valence-electron chi connectivity index (χ3n) is 2.55. The van der Waals surface area contributed by atoms with Crippen molar-refractivity contribution in [2.75, 3.05) is 13.9 Å². The second-order valence-electron chi connectivity index (χ2n) is 3.92. The summed E-state index contributed by atoms with van der Waals surface area (Å²) in [5.74, 6) is 0.794. The molecule has 0 heterocycles. The molecule has 1 aromatic carbocycles. The van der Waals surface area contributed by atoms with Gasteiger partial charge in [-0.05, 0) is 25.0 Å². The summed E-state index contributed by atoms with van der Waals surface area (Å²) in [4.78, 5) is 0. The van der Waals surface area contributed by atoms with Gasteiger partial charge in [0, 0.05) is 30.3 Å². The van der Waals surface area contributed by atoms with Crippen LogP contribution >= 0.6 is 11.6 Å². The molecule has 0 aliphatic heterocycles. The monoisotopic (exact) mass is 241 g/mol. The fourth-order valence-corrected chi connectivity index (χ4v) is 1.73. The largest absolute Gasteiger partial charge is 0.467 e. The number of benzene rings is 1. The molecule has 4 heteroatoms. The van der Waals surface area contributed by atoms with Crippen LogP contribution in [0.3, 0.4) is 0 Å². The van der Waals surface area contributed by atoms with Crippen molar-refractivity contribution in [3.05, 3.63) is 28.8 Å². The normalized spacial score (nSPS) is 15.1. The fraction of sp³-hybridized carbons (Fsp3) is 0.500. The average Bonchev–Trinajstić information content (AvgIpc) is 3.09. The summed E-state index contributed by atoms with van der Waals surface area (Å²) in [6.45, 7) is 1.00. The Morgan fingerprint density at radius 3 is 2.94 bits per heavy atom.